The summed E-state index contributed by atoms with van der Waals surface area (Å²) >= 11 is 4.05. The van der Waals surface area contributed by atoms with Gasteiger partial charge in [0, 0.05) is 11.5 Å². The molecule has 0 aliphatic carbocycles. The number of rotatable bonds is 9. The van der Waals surface area contributed by atoms with Crippen molar-refractivity contribution in [2.24, 2.45) is 5.16 Å². The zero-order valence-corrected chi connectivity index (χ0v) is 20.2. The number of β-lactam (4-membered cyclic amide) rings is 1. The van der Waals surface area contributed by atoms with Gasteiger partial charge >= 0.3 is 5.97 Å². The van der Waals surface area contributed by atoms with Crippen LogP contribution in [-0.2, 0) is 19.2 Å². The summed E-state index contributed by atoms with van der Waals surface area (Å²) in [5, 5.41) is 23.3. The summed E-state index contributed by atoms with van der Waals surface area (Å²) < 4.78 is 0.698. The van der Waals surface area contributed by atoms with Crippen LogP contribution in [-0.4, -0.2) is 78.2 Å². The molecule has 15 heteroatoms. The Morgan fingerprint density at radius 3 is 2.97 bits per heavy atom. The highest BCUT2D eigenvalue weighted by Crippen LogP contribution is 2.41. The summed E-state index contributed by atoms with van der Waals surface area (Å²) in [4.78, 5) is 48.2. The van der Waals surface area contributed by atoms with E-state index in [0.29, 0.717) is 21.4 Å². The second kappa shape index (κ2) is 10.8. The van der Waals surface area contributed by atoms with Crippen LogP contribution >= 0.6 is 34.9 Å². The van der Waals surface area contributed by atoms with Gasteiger partial charge in [-0.1, -0.05) is 40.2 Å². The number of fused-ring (bicyclic) bond motifs is 1. The Morgan fingerprint density at radius 2 is 2.29 bits per heavy atom. The molecule has 2 atom stereocenters. The van der Waals surface area contributed by atoms with Crippen LogP contribution in [0.2, 0.25) is 0 Å². The van der Waals surface area contributed by atoms with Crippen molar-refractivity contribution in [3.8, 4) is 12.3 Å². The highest BCUT2D eigenvalue weighted by Gasteiger charge is 2.54. The molecule has 0 aromatic carbocycles. The molecule has 0 bridgehead atoms. The van der Waals surface area contributed by atoms with Gasteiger partial charge in [0.1, 0.15) is 34.1 Å². The van der Waals surface area contributed by atoms with E-state index in [9.17, 15) is 19.5 Å². The van der Waals surface area contributed by atoms with Crippen LogP contribution in [0.15, 0.2) is 44.5 Å². The number of thioether (sulfide) groups is 2. The highest BCUT2D eigenvalue weighted by molar-refractivity contribution is 8.01. The van der Waals surface area contributed by atoms with Crippen LogP contribution < -0.4 is 11.1 Å². The normalized spacial score (nSPS) is 19.5. The number of carboxylic acids is 1. The first-order valence-electron chi connectivity index (χ1n) is 9.86. The Kier molecular flexibility index (Phi) is 7.54. The van der Waals surface area contributed by atoms with E-state index in [1.165, 1.54) is 51.9 Å². The summed E-state index contributed by atoms with van der Waals surface area (Å²) in [6, 6.07) is 3.66. The molecule has 4 rings (SSSR count). The number of nitrogens with zero attached hydrogens (tertiary/aromatic N) is 5. The number of carboxylic acid groups (broad SMARTS) is 1. The predicted molar refractivity (Wildman–Crippen MR) is 130 cm³/mol. The number of carbonyl (C=O) groups is 3. The molecular weight excluding hydrogens is 514 g/mol. The number of nitrogens with one attached hydrogen (secondary N) is 1. The van der Waals surface area contributed by atoms with Crippen molar-refractivity contribution in [3.05, 3.63) is 40.7 Å². The summed E-state index contributed by atoms with van der Waals surface area (Å²) in [6.07, 6.45) is 5.16. The van der Waals surface area contributed by atoms with E-state index >= 15 is 0 Å². The van der Waals surface area contributed by atoms with E-state index in [2.05, 4.69) is 31.6 Å². The number of nitrogens with two attached hydrogens (primary N) is 1. The van der Waals surface area contributed by atoms with E-state index in [4.69, 9.17) is 17.0 Å². The smallest absolute Gasteiger partial charge is 0.352 e. The molecule has 12 nitrogen and oxygen atoms in total. The van der Waals surface area contributed by atoms with E-state index in [1.54, 1.807) is 11.6 Å². The number of pyridine rings is 1. The zero-order valence-electron chi connectivity index (χ0n) is 17.8. The number of hydrogen-bond acceptors (Lipinski definition) is 12. The fourth-order valence-corrected chi connectivity index (χ4v) is 6.27. The molecule has 2 aromatic rings. The second-order valence-electron chi connectivity index (χ2n) is 6.98. The molecule has 0 saturated carbocycles. The van der Waals surface area contributed by atoms with Gasteiger partial charge in [0.15, 0.2) is 16.7 Å². The first-order chi connectivity index (χ1) is 16.9. The lowest BCUT2D eigenvalue weighted by Crippen LogP contribution is -2.71. The topological polar surface area (TPSA) is 173 Å². The molecule has 0 spiro atoms. The van der Waals surface area contributed by atoms with Gasteiger partial charge in [0.25, 0.3) is 11.8 Å². The van der Waals surface area contributed by atoms with Crippen LogP contribution in [0.3, 0.4) is 0 Å². The third-order valence-corrected chi connectivity index (χ3v) is 8.06. The Labute approximate surface area is 211 Å². The van der Waals surface area contributed by atoms with Crippen LogP contribution in [0.5, 0.6) is 0 Å². The molecule has 0 radical (unpaired) electrons. The highest BCUT2D eigenvalue weighted by atomic mass is 32.2. The van der Waals surface area contributed by atoms with E-state index < -0.39 is 29.2 Å². The SMILES string of the molecule is C#CCON=C(C(=O)NC1C(=O)N2C(C(=O)O)=C(CSc3nncs3)CS[C@@H]12)c1cccc(N)n1. The van der Waals surface area contributed by atoms with E-state index in [0.717, 1.165) is 0 Å². The number of aliphatic carboxylic acids is 1. The van der Waals surface area contributed by atoms with Gasteiger partial charge in [-0.15, -0.1) is 28.4 Å². The third-order valence-electron chi connectivity index (χ3n) is 4.78. The number of aromatic nitrogens is 3. The first-order valence-corrected chi connectivity index (χ1v) is 12.8. The van der Waals surface area contributed by atoms with Crippen LogP contribution in [0.1, 0.15) is 5.69 Å². The minimum absolute atomic E-state index is 0.0787. The van der Waals surface area contributed by atoms with Gasteiger partial charge in [-0.2, -0.15) is 0 Å². The van der Waals surface area contributed by atoms with Gasteiger partial charge in [0.05, 0.1) is 0 Å². The van der Waals surface area contributed by atoms with E-state index in [-0.39, 0.29) is 29.5 Å². The molecule has 2 aromatic heterocycles. The van der Waals surface area contributed by atoms with Crippen molar-refractivity contribution in [2.45, 2.75) is 15.8 Å². The summed E-state index contributed by atoms with van der Waals surface area (Å²) in [6.45, 7) is -0.182. The Bertz CT molecular complexity index is 1260. The summed E-state index contributed by atoms with van der Waals surface area (Å²) in [5.74, 6) is 0.612. The van der Waals surface area contributed by atoms with Gasteiger partial charge in [0.2, 0.25) is 0 Å². The maximum atomic E-state index is 13.0. The molecule has 2 aliphatic rings. The number of carbonyl (C=O) groups excluding carboxylic acids is 2. The predicted octanol–water partition coefficient (Wildman–Crippen LogP) is 0.400. The van der Waals surface area contributed by atoms with Crippen LogP contribution in [0.25, 0.3) is 0 Å². The average molecular weight is 532 g/mol. The van der Waals surface area contributed by atoms with Crippen molar-refractivity contribution in [2.75, 3.05) is 23.8 Å². The van der Waals surface area contributed by atoms with Gasteiger partial charge < -0.3 is 21.0 Å². The number of hydrogen-bond donors (Lipinski definition) is 3. The molecule has 4 heterocycles. The molecular formula is C20H17N7O5S3. The molecule has 1 unspecified atom stereocenters. The van der Waals surface area contributed by atoms with Crippen molar-refractivity contribution in [1.82, 2.24) is 25.4 Å². The number of terminal acetylenes is 1. The van der Waals surface area contributed by atoms with Crippen LogP contribution in [0, 0.1) is 12.3 Å². The third kappa shape index (κ3) is 5.24. The number of oxime groups is 1. The quantitative estimate of drug-likeness (QED) is 0.102. The fraction of sp³-hybridized carbons (Fsp3) is 0.250. The largest absolute Gasteiger partial charge is 0.477 e. The van der Waals surface area contributed by atoms with Crippen molar-refractivity contribution in [1.29, 1.82) is 0 Å². The average Bonchev–Trinajstić information content (AvgIpc) is 3.36. The number of amides is 2. The molecule has 1 saturated heterocycles. The maximum Gasteiger partial charge on any atom is 0.352 e. The molecule has 1 fully saturated rings. The van der Waals surface area contributed by atoms with Crippen molar-refractivity contribution >= 4 is 64.2 Å². The Morgan fingerprint density at radius 1 is 1.46 bits per heavy atom. The van der Waals surface area contributed by atoms with E-state index in [1.807, 2.05) is 0 Å². The minimum Gasteiger partial charge on any atom is -0.477 e. The molecule has 2 aliphatic heterocycles. The molecule has 2 amide bonds. The second-order valence-corrected chi connectivity index (χ2v) is 10.1. The van der Waals surface area contributed by atoms with Gasteiger partial charge in [-0.3, -0.25) is 14.5 Å². The monoisotopic (exact) mass is 531 g/mol. The lowest BCUT2D eigenvalue weighted by Gasteiger charge is -2.49. The minimum atomic E-state index is -1.21. The Hall–Kier alpha value is -3.61. The number of nitrogen functional groups attached to an aromatic ring is 1. The molecule has 180 valence electrons. The lowest BCUT2D eigenvalue weighted by molar-refractivity contribution is -0.150. The fourth-order valence-electron chi connectivity index (χ4n) is 3.30. The number of anilines is 1. The lowest BCUT2D eigenvalue weighted by atomic mass is 10.0. The van der Waals surface area contributed by atoms with Crippen molar-refractivity contribution in [3.63, 3.8) is 0 Å². The first kappa shape index (κ1) is 24.5. The van der Waals surface area contributed by atoms with Gasteiger partial charge in [-0.25, -0.2) is 9.78 Å². The zero-order chi connectivity index (χ0) is 24.9. The standard InChI is InChI=1S/C20H17N7O5S3/c1-2-6-32-26-13(11-4-3-5-12(21)23-11)16(28)24-14-17(29)27-15(19(30)31)10(7-33-18(14)27)8-34-20-25-22-9-35-20/h1,3-5,9,14,18H,6-8H2,(H2,21,23)(H,24,28)(H,30,31)/t14?,18-/m0/s1. The van der Waals surface area contributed by atoms with Crippen LogP contribution in [0.4, 0.5) is 5.82 Å². The Balaban J connectivity index is 1.51. The summed E-state index contributed by atoms with van der Waals surface area (Å²) in [7, 11) is 0. The molecule has 4 N–H and O–H groups in total. The van der Waals surface area contributed by atoms with Crippen molar-refractivity contribution < 1.29 is 24.3 Å². The molecule has 35 heavy (non-hydrogen) atoms. The summed E-state index contributed by atoms with van der Waals surface area (Å²) in [5.41, 5.74) is 7.71. The van der Waals surface area contributed by atoms with Gasteiger partial charge in [-0.05, 0) is 17.7 Å². The maximum absolute atomic E-state index is 13.0.